The fourth-order valence-corrected chi connectivity index (χ4v) is 1.97. The standard InChI is InChI=1S/C14H16O4/c1-16-12-5-4-10(11-7-17-8-11)6-13(12)18-14(15)9-2-3-9/h4-6,9,11H,2-3,7-8H2,1H3. The molecule has 2 fully saturated rings. The van der Waals surface area contributed by atoms with Crippen molar-refractivity contribution in [3.05, 3.63) is 23.8 Å². The second kappa shape index (κ2) is 4.61. The lowest BCUT2D eigenvalue weighted by Crippen LogP contribution is -2.25. The summed E-state index contributed by atoms with van der Waals surface area (Å²) in [5.41, 5.74) is 1.14. The van der Waals surface area contributed by atoms with Crippen molar-refractivity contribution in [3.8, 4) is 11.5 Å². The van der Waals surface area contributed by atoms with E-state index in [2.05, 4.69) is 0 Å². The van der Waals surface area contributed by atoms with E-state index in [1.165, 1.54) is 0 Å². The van der Waals surface area contributed by atoms with Crippen molar-refractivity contribution in [2.24, 2.45) is 5.92 Å². The van der Waals surface area contributed by atoms with Crippen molar-refractivity contribution in [3.63, 3.8) is 0 Å². The lowest BCUT2D eigenvalue weighted by atomic mass is 9.97. The number of benzene rings is 1. The first-order chi connectivity index (χ1) is 8.78. The summed E-state index contributed by atoms with van der Waals surface area (Å²) >= 11 is 0. The van der Waals surface area contributed by atoms with Crippen LogP contribution in [0.25, 0.3) is 0 Å². The van der Waals surface area contributed by atoms with Crippen molar-refractivity contribution in [2.75, 3.05) is 20.3 Å². The molecule has 2 aliphatic rings. The van der Waals surface area contributed by atoms with Gasteiger partial charge in [0.15, 0.2) is 11.5 Å². The molecule has 1 aliphatic carbocycles. The van der Waals surface area contributed by atoms with Gasteiger partial charge in [-0.05, 0) is 30.5 Å². The first-order valence-electron chi connectivity index (χ1n) is 6.25. The van der Waals surface area contributed by atoms with Crippen LogP contribution >= 0.6 is 0 Å². The summed E-state index contributed by atoms with van der Waals surface area (Å²) in [7, 11) is 1.58. The molecular weight excluding hydrogens is 232 g/mol. The Hall–Kier alpha value is -1.55. The summed E-state index contributed by atoms with van der Waals surface area (Å²) in [5.74, 6) is 1.49. The zero-order chi connectivity index (χ0) is 12.5. The summed E-state index contributed by atoms with van der Waals surface area (Å²) < 4.78 is 15.8. The van der Waals surface area contributed by atoms with E-state index in [1.807, 2.05) is 18.2 Å². The summed E-state index contributed by atoms with van der Waals surface area (Å²) in [4.78, 5) is 11.7. The summed E-state index contributed by atoms with van der Waals surface area (Å²) in [6, 6.07) is 5.75. The molecule has 1 aliphatic heterocycles. The average Bonchev–Trinajstić information content (AvgIpc) is 3.11. The molecule has 4 heteroatoms. The van der Waals surface area contributed by atoms with E-state index < -0.39 is 0 Å². The van der Waals surface area contributed by atoms with Crippen LogP contribution in [0.15, 0.2) is 18.2 Å². The Bertz CT molecular complexity index is 461. The minimum atomic E-state index is -0.143. The molecule has 1 saturated carbocycles. The van der Waals surface area contributed by atoms with Gasteiger partial charge in [0.05, 0.1) is 26.2 Å². The Morgan fingerprint density at radius 1 is 1.28 bits per heavy atom. The SMILES string of the molecule is COc1ccc(C2COC2)cc1OC(=O)C1CC1. The van der Waals surface area contributed by atoms with Crippen LogP contribution in [0.3, 0.4) is 0 Å². The van der Waals surface area contributed by atoms with E-state index in [4.69, 9.17) is 14.2 Å². The van der Waals surface area contributed by atoms with Gasteiger partial charge >= 0.3 is 5.97 Å². The molecule has 96 valence electrons. The Labute approximate surface area is 106 Å². The lowest BCUT2D eigenvalue weighted by molar-refractivity contribution is -0.135. The summed E-state index contributed by atoms with van der Waals surface area (Å²) in [6.45, 7) is 1.48. The third-order valence-electron chi connectivity index (χ3n) is 3.42. The van der Waals surface area contributed by atoms with Gasteiger partial charge in [0.25, 0.3) is 0 Å². The van der Waals surface area contributed by atoms with Crippen LogP contribution in [-0.4, -0.2) is 26.3 Å². The smallest absolute Gasteiger partial charge is 0.314 e. The molecular formula is C14H16O4. The van der Waals surface area contributed by atoms with Crippen molar-refractivity contribution in [1.82, 2.24) is 0 Å². The van der Waals surface area contributed by atoms with Gasteiger partial charge < -0.3 is 14.2 Å². The van der Waals surface area contributed by atoms with E-state index in [0.717, 1.165) is 31.6 Å². The molecule has 4 nitrogen and oxygen atoms in total. The highest BCUT2D eigenvalue weighted by atomic mass is 16.6. The highest BCUT2D eigenvalue weighted by Crippen LogP contribution is 2.36. The zero-order valence-electron chi connectivity index (χ0n) is 10.3. The molecule has 0 atom stereocenters. The van der Waals surface area contributed by atoms with Crippen LogP contribution in [0.5, 0.6) is 11.5 Å². The van der Waals surface area contributed by atoms with E-state index in [1.54, 1.807) is 7.11 Å². The molecule has 1 saturated heterocycles. The number of ether oxygens (including phenoxy) is 3. The molecule has 1 heterocycles. The largest absolute Gasteiger partial charge is 0.493 e. The number of carbonyl (C=O) groups is 1. The van der Waals surface area contributed by atoms with Crippen LogP contribution in [0.2, 0.25) is 0 Å². The zero-order valence-corrected chi connectivity index (χ0v) is 10.3. The average molecular weight is 248 g/mol. The van der Waals surface area contributed by atoms with Gasteiger partial charge in [-0.3, -0.25) is 4.79 Å². The minimum Gasteiger partial charge on any atom is -0.493 e. The maximum absolute atomic E-state index is 11.7. The Morgan fingerprint density at radius 3 is 2.61 bits per heavy atom. The molecule has 1 aromatic carbocycles. The molecule has 0 spiro atoms. The number of esters is 1. The molecule has 0 amide bonds. The summed E-state index contributed by atoms with van der Waals surface area (Å²) in [6.07, 6.45) is 1.88. The van der Waals surface area contributed by atoms with Crippen LogP contribution in [0.4, 0.5) is 0 Å². The van der Waals surface area contributed by atoms with Crippen LogP contribution < -0.4 is 9.47 Å². The van der Waals surface area contributed by atoms with Crippen LogP contribution in [0.1, 0.15) is 24.3 Å². The number of hydrogen-bond acceptors (Lipinski definition) is 4. The van der Waals surface area contributed by atoms with Crippen molar-refractivity contribution < 1.29 is 19.0 Å². The normalized spacial score (nSPS) is 19.2. The van der Waals surface area contributed by atoms with Crippen LogP contribution in [0, 0.1) is 5.92 Å². The minimum absolute atomic E-state index is 0.0883. The third-order valence-corrected chi connectivity index (χ3v) is 3.42. The predicted octanol–water partition coefficient (Wildman–Crippen LogP) is 2.12. The highest BCUT2D eigenvalue weighted by molar-refractivity contribution is 5.78. The lowest BCUT2D eigenvalue weighted by Gasteiger charge is -2.26. The fourth-order valence-electron chi connectivity index (χ4n) is 1.97. The number of rotatable bonds is 4. The van der Waals surface area contributed by atoms with Gasteiger partial charge in [-0.2, -0.15) is 0 Å². The maximum Gasteiger partial charge on any atom is 0.314 e. The Balaban J connectivity index is 1.81. The van der Waals surface area contributed by atoms with Gasteiger partial charge in [0.2, 0.25) is 0 Å². The molecule has 3 rings (SSSR count). The summed E-state index contributed by atoms with van der Waals surface area (Å²) in [5, 5.41) is 0. The third kappa shape index (κ3) is 2.20. The second-order valence-corrected chi connectivity index (χ2v) is 4.84. The molecule has 0 aromatic heterocycles. The number of methoxy groups -OCH3 is 1. The maximum atomic E-state index is 11.7. The molecule has 0 N–H and O–H groups in total. The number of carbonyl (C=O) groups excluding carboxylic acids is 1. The Morgan fingerprint density at radius 2 is 2.06 bits per heavy atom. The van der Waals surface area contributed by atoms with Gasteiger partial charge in [0.1, 0.15) is 0 Å². The van der Waals surface area contributed by atoms with Crippen molar-refractivity contribution >= 4 is 5.97 Å². The van der Waals surface area contributed by atoms with Crippen molar-refractivity contribution in [2.45, 2.75) is 18.8 Å². The predicted molar refractivity (Wildman–Crippen MR) is 64.9 cm³/mol. The number of hydrogen-bond donors (Lipinski definition) is 0. The molecule has 18 heavy (non-hydrogen) atoms. The topological polar surface area (TPSA) is 44.8 Å². The van der Waals surface area contributed by atoms with Gasteiger partial charge in [-0.15, -0.1) is 0 Å². The van der Waals surface area contributed by atoms with Gasteiger partial charge in [-0.25, -0.2) is 0 Å². The van der Waals surface area contributed by atoms with Crippen LogP contribution in [-0.2, 0) is 9.53 Å². The van der Waals surface area contributed by atoms with Gasteiger partial charge in [0, 0.05) is 5.92 Å². The quantitative estimate of drug-likeness (QED) is 0.605. The Kier molecular flexibility index (Phi) is 2.96. The van der Waals surface area contributed by atoms with E-state index >= 15 is 0 Å². The molecule has 1 aromatic rings. The molecule has 0 unspecified atom stereocenters. The highest BCUT2D eigenvalue weighted by Gasteiger charge is 2.32. The first-order valence-corrected chi connectivity index (χ1v) is 6.25. The van der Waals surface area contributed by atoms with Gasteiger partial charge in [-0.1, -0.05) is 6.07 Å². The fraction of sp³-hybridized carbons (Fsp3) is 0.500. The van der Waals surface area contributed by atoms with Crippen molar-refractivity contribution in [1.29, 1.82) is 0 Å². The molecule has 0 bridgehead atoms. The van der Waals surface area contributed by atoms with E-state index in [-0.39, 0.29) is 11.9 Å². The monoisotopic (exact) mass is 248 g/mol. The first kappa shape index (κ1) is 11.5. The second-order valence-electron chi connectivity index (χ2n) is 4.84. The molecule has 0 radical (unpaired) electrons. The van der Waals surface area contributed by atoms with E-state index in [0.29, 0.717) is 17.4 Å². The van der Waals surface area contributed by atoms with E-state index in [9.17, 15) is 4.79 Å².